The van der Waals surface area contributed by atoms with Crippen molar-refractivity contribution in [1.82, 2.24) is 4.72 Å². The fraction of sp³-hybridized carbons (Fsp3) is 0.294. The molecule has 0 heterocycles. The first-order chi connectivity index (χ1) is 10.4. The Labute approximate surface area is 132 Å². The van der Waals surface area contributed by atoms with E-state index in [4.69, 9.17) is 4.74 Å². The first-order valence-electron chi connectivity index (χ1n) is 7.24. The molecule has 1 N–H and O–H groups in total. The molecule has 2 aromatic rings. The van der Waals surface area contributed by atoms with Crippen LogP contribution in [0.2, 0.25) is 0 Å². The van der Waals surface area contributed by atoms with Crippen LogP contribution in [0, 0.1) is 6.92 Å². The van der Waals surface area contributed by atoms with Crippen LogP contribution in [0.25, 0.3) is 0 Å². The molecule has 1 atom stereocenters. The molecule has 4 nitrogen and oxygen atoms in total. The SMILES string of the molecule is CCOc1cccc(C(C)NS(=O)(=O)c2ccc(C)cc2)c1. The molecule has 5 heteroatoms. The van der Waals surface area contributed by atoms with Gasteiger partial charge in [-0.15, -0.1) is 0 Å². The lowest BCUT2D eigenvalue weighted by Crippen LogP contribution is -2.26. The van der Waals surface area contributed by atoms with E-state index in [1.807, 2.05) is 45.0 Å². The molecule has 1 unspecified atom stereocenters. The van der Waals surface area contributed by atoms with Gasteiger partial charge in [0.2, 0.25) is 10.0 Å². The van der Waals surface area contributed by atoms with Gasteiger partial charge in [0.15, 0.2) is 0 Å². The number of hydrogen-bond donors (Lipinski definition) is 1. The molecule has 0 saturated carbocycles. The van der Waals surface area contributed by atoms with Gasteiger partial charge in [-0.2, -0.15) is 0 Å². The predicted octanol–water partition coefficient (Wildman–Crippen LogP) is 3.43. The Balaban J connectivity index is 2.18. The van der Waals surface area contributed by atoms with E-state index < -0.39 is 10.0 Å². The minimum Gasteiger partial charge on any atom is -0.494 e. The maximum atomic E-state index is 12.4. The van der Waals surface area contributed by atoms with Crippen LogP contribution in [0.5, 0.6) is 5.75 Å². The number of sulfonamides is 1. The summed E-state index contributed by atoms with van der Waals surface area (Å²) in [5, 5.41) is 0. The van der Waals surface area contributed by atoms with Crippen LogP contribution in [0.1, 0.15) is 31.0 Å². The van der Waals surface area contributed by atoms with Crippen molar-refractivity contribution in [1.29, 1.82) is 0 Å². The molecule has 0 aliphatic rings. The fourth-order valence-corrected chi connectivity index (χ4v) is 3.36. The van der Waals surface area contributed by atoms with Gasteiger partial charge in [-0.05, 0) is 50.6 Å². The zero-order chi connectivity index (χ0) is 16.2. The molecule has 0 aromatic heterocycles. The number of ether oxygens (including phenoxy) is 1. The summed E-state index contributed by atoms with van der Waals surface area (Å²) in [6.07, 6.45) is 0. The lowest BCUT2D eigenvalue weighted by Gasteiger charge is -2.16. The Kier molecular flexibility index (Phi) is 5.21. The minimum absolute atomic E-state index is 0.269. The largest absolute Gasteiger partial charge is 0.494 e. The summed E-state index contributed by atoms with van der Waals surface area (Å²) >= 11 is 0. The van der Waals surface area contributed by atoms with Crippen molar-refractivity contribution in [2.75, 3.05) is 6.61 Å². The average Bonchev–Trinajstić information content (AvgIpc) is 2.48. The van der Waals surface area contributed by atoms with E-state index in [0.29, 0.717) is 6.61 Å². The van der Waals surface area contributed by atoms with Crippen LogP contribution in [0.4, 0.5) is 0 Å². The van der Waals surface area contributed by atoms with Gasteiger partial charge in [0.05, 0.1) is 11.5 Å². The zero-order valence-electron chi connectivity index (χ0n) is 13.0. The molecule has 118 valence electrons. The molecule has 0 radical (unpaired) electrons. The lowest BCUT2D eigenvalue weighted by atomic mass is 10.1. The Morgan fingerprint density at radius 3 is 2.45 bits per heavy atom. The van der Waals surface area contributed by atoms with Crippen molar-refractivity contribution >= 4 is 10.0 Å². The maximum absolute atomic E-state index is 12.4. The monoisotopic (exact) mass is 319 g/mol. The highest BCUT2D eigenvalue weighted by Crippen LogP contribution is 2.21. The van der Waals surface area contributed by atoms with Gasteiger partial charge in [-0.25, -0.2) is 13.1 Å². The minimum atomic E-state index is -3.54. The van der Waals surface area contributed by atoms with Gasteiger partial charge >= 0.3 is 0 Å². The van der Waals surface area contributed by atoms with Gasteiger partial charge < -0.3 is 4.74 Å². The molecular formula is C17H21NO3S. The third-order valence-electron chi connectivity index (χ3n) is 3.33. The number of benzene rings is 2. The van der Waals surface area contributed by atoms with Crippen LogP contribution in [-0.4, -0.2) is 15.0 Å². The van der Waals surface area contributed by atoms with Crippen molar-refractivity contribution in [3.63, 3.8) is 0 Å². The van der Waals surface area contributed by atoms with Crippen LogP contribution in [0.3, 0.4) is 0 Å². The second kappa shape index (κ2) is 6.94. The molecular weight excluding hydrogens is 298 g/mol. The summed E-state index contributed by atoms with van der Waals surface area (Å²) in [6.45, 7) is 6.23. The normalized spacial score (nSPS) is 12.9. The van der Waals surface area contributed by atoms with Crippen molar-refractivity contribution in [3.8, 4) is 5.75 Å². The number of hydrogen-bond acceptors (Lipinski definition) is 3. The van der Waals surface area contributed by atoms with Gasteiger partial charge in [-0.3, -0.25) is 0 Å². The van der Waals surface area contributed by atoms with E-state index in [2.05, 4.69) is 4.72 Å². The first-order valence-corrected chi connectivity index (χ1v) is 8.72. The second-order valence-corrected chi connectivity index (χ2v) is 6.88. The molecule has 0 amide bonds. The third kappa shape index (κ3) is 4.08. The third-order valence-corrected chi connectivity index (χ3v) is 4.89. The lowest BCUT2D eigenvalue weighted by molar-refractivity contribution is 0.339. The molecule has 0 fully saturated rings. The summed E-state index contributed by atoms with van der Waals surface area (Å²) in [5.74, 6) is 0.737. The zero-order valence-corrected chi connectivity index (χ0v) is 13.9. The summed E-state index contributed by atoms with van der Waals surface area (Å²) in [4.78, 5) is 0.269. The van der Waals surface area contributed by atoms with Gasteiger partial charge in [0.1, 0.15) is 5.75 Å². The van der Waals surface area contributed by atoms with Crippen molar-refractivity contribution in [2.24, 2.45) is 0 Å². The van der Waals surface area contributed by atoms with Gasteiger partial charge in [-0.1, -0.05) is 29.8 Å². The summed E-state index contributed by atoms with van der Waals surface area (Å²) < 4.78 is 32.9. The van der Waals surface area contributed by atoms with Crippen LogP contribution < -0.4 is 9.46 Å². The Bertz CT molecular complexity index is 724. The van der Waals surface area contributed by atoms with E-state index in [0.717, 1.165) is 16.9 Å². The summed E-state index contributed by atoms with van der Waals surface area (Å²) in [5.41, 5.74) is 1.89. The predicted molar refractivity (Wildman–Crippen MR) is 87.5 cm³/mol. The molecule has 22 heavy (non-hydrogen) atoms. The van der Waals surface area contributed by atoms with Crippen LogP contribution >= 0.6 is 0 Å². The Morgan fingerprint density at radius 1 is 1.14 bits per heavy atom. The molecule has 0 spiro atoms. The van der Waals surface area contributed by atoms with Crippen LogP contribution in [-0.2, 0) is 10.0 Å². The molecule has 0 saturated heterocycles. The number of aryl methyl sites for hydroxylation is 1. The quantitative estimate of drug-likeness (QED) is 0.887. The Hall–Kier alpha value is -1.85. The van der Waals surface area contributed by atoms with Crippen molar-refractivity contribution in [2.45, 2.75) is 31.7 Å². The smallest absolute Gasteiger partial charge is 0.241 e. The first kappa shape index (κ1) is 16.5. The topological polar surface area (TPSA) is 55.4 Å². The van der Waals surface area contributed by atoms with Gasteiger partial charge in [0.25, 0.3) is 0 Å². The van der Waals surface area contributed by atoms with Crippen molar-refractivity contribution in [3.05, 3.63) is 59.7 Å². The van der Waals surface area contributed by atoms with Crippen molar-refractivity contribution < 1.29 is 13.2 Å². The highest BCUT2D eigenvalue weighted by molar-refractivity contribution is 7.89. The molecule has 2 rings (SSSR count). The van der Waals surface area contributed by atoms with E-state index in [1.54, 1.807) is 24.3 Å². The number of rotatable bonds is 6. The van der Waals surface area contributed by atoms with Gasteiger partial charge in [0, 0.05) is 6.04 Å². The average molecular weight is 319 g/mol. The van der Waals surface area contributed by atoms with Crippen LogP contribution in [0.15, 0.2) is 53.4 Å². The molecule has 0 aliphatic heterocycles. The fourth-order valence-electron chi connectivity index (χ4n) is 2.13. The van der Waals surface area contributed by atoms with E-state index in [1.165, 1.54) is 0 Å². The highest BCUT2D eigenvalue weighted by atomic mass is 32.2. The van der Waals surface area contributed by atoms with E-state index in [-0.39, 0.29) is 10.9 Å². The molecule has 0 bridgehead atoms. The second-order valence-electron chi connectivity index (χ2n) is 5.16. The number of nitrogens with one attached hydrogen (secondary N) is 1. The van der Waals surface area contributed by atoms with E-state index >= 15 is 0 Å². The Morgan fingerprint density at radius 2 is 1.82 bits per heavy atom. The molecule has 0 aliphatic carbocycles. The summed E-state index contributed by atoms with van der Waals surface area (Å²) in [7, 11) is -3.54. The van der Waals surface area contributed by atoms with E-state index in [9.17, 15) is 8.42 Å². The standard InChI is InChI=1S/C17H21NO3S/c1-4-21-16-7-5-6-15(12-16)14(3)18-22(19,20)17-10-8-13(2)9-11-17/h5-12,14,18H,4H2,1-3H3. The molecule has 2 aromatic carbocycles. The highest BCUT2D eigenvalue weighted by Gasteiger charge is 2.18. The summed E-state index contributed by atoms with van der Waals surface area (Å²) in [6, 6.07) is 13.9. The maximum Gasteiger partial charge on any atom is 0.241 e.